The van der Waals surface area contributed by atoms with E-state index in [0.29, 0.717) is 25.9 Å². The monoisotopic (exact) mass is 257 g/mol. The second-order valence-corrected chi connectivity index (χ2v) is 3.85. The largest absolute Gasteiger partial charge is 0.469 e. The number of hydrogen-bond donors (Lipinski definition) is 0. The first-order valence-electron chi connectivity index (χ1n) is 6.11. The van der Waals surface area contributed by atoms with Crippen molar-refractivity contribution in [1.82, 2.24) is 4.90 Å². The Kier molecular flexibility index (Phi) is 9.96. The molecule has 0 unspecified atom stereocenters. The fourth-order valence-electron chi connectivity index (χ4n) is 1.46. The molecule has 0 aliphatic rings. The predicted molar refractivity (Wildman–Crippen MR) is 69.1 cm³/mol. The van der Waals surface area contributed by atoms with Crippen molar-refractivity contribution in [3.05, 3.63) is 12.2 Å². The van der Waals surface area contributed by atoms with Crippen LogP contribution in [0.3, 0.4) is 0 Å². The Bertz CT molecular complexity index is 256. The third-order valence-corrected chi connectivity index (χ3v) is 2.57. The average molecular weight is 257 g/mol. The van der Waals surface area contributed by atoms with Crippen LogP contribution < -0.4 is 0 Å². The summed E-state index contributed by atoms with van der Waals surface area (Å²) in [6.45, 7) is 3.98. The number of carbonyl (C=O) groups excluding carboxylic acids is 2. The molecule has 104 valence electrons. The summed E-state index contributed by atoms with van der Waals surface area (Å²) in [7, 11) is 2.75. The van der Waals surface area contributed by atoms with Crippen LogP contribution in [0.5, 0.6) is 0 Å². The van der Waals surface area contributed by atoms with E-state index in [1.807, 2.05) is 13.0 Å². The summed E-state index contributed by atoms with van der Waals surface area (Å²) in [5.41, 5.74) is 0. The number of hydrogen-bond acceptors (Lipinski definition) is 5. The molecule has 5 nitrogen and oxygen atoms in total. The minimum atomic E-state index is -0.232. The molecule has 0 amide bonds. The van der Waals surface area contributed by atoms with Crippen molar-refractivity contribution in [2.45, 2.75) is 26.2 Å². The zero-order chi connectivity index (χ0) is 13.8. The smallest absolute Gasteiger partial charge is 0.306 e. The summed E-state index contributed by atoms with van der Waals surface area (Å²) in [5.74, 6) is -0.465. The van der Waals surface area contributed by atoms with Gasteiger partial charge < -0.3 is 14.4 Å². The van der Waals surface area contributed by atoms with Gasteiger partial charge in [-0.3, -0.25) is 9.59 Å². The van der Waals surface area contributed by atoms with Crippen molar-refractivity contribution >= 4 is 11.9 Å². The zero-order valence-electron chi connectivity index (χ0n) is 11.5. The van der Waals surface area contributed by atoms with Crippen LogP contribution in [0, 0.1) is 0 Å². The molecule has 18 heavy (non-hydrogen) atoms. The van der Waals surface area contributed by atoms with Gasteiger partial charge in [0, 0.05) is 19.6 Å². The summed E-state index contributed by atoms with van der Waals surface area (Å²) in [5, 5.41) is 0. The molecule has 0 aromatic heterocycles. The molecule has 0 aliphatic carbocycles. The molecular weight excluding hydrogens is 234 g/mol. The summed E-state index contributed by atoms with van der Waals surface area (Å²) >= 11 is 0. The van der Waals surface area contributed by atoms with Crippen LogP contribution in [0.4, 0.5) is 0 Å². The zero-order valence-corrected chi connectivity index (χ0v) is 11.5. The highest BCUT2D eigenvalue weighted by Gasteiger charge is 2.10. The highest BCUT2D eigenvalue weighted by molar-refractivity contribution is 5.70. The number of allylic oxidation sites excluding steroid dienone is 1. The van der Waals surface area contributed by atoms with Gasteiger partial charge in [-0.05, 0) is 13.3 Å². The molecule has 0 saturated heterocycles. The van der Waals surface area contributed by atoms with Gasteiger partial charge in [-0.2, -0.15) is 0 Å². The van der Waals surface area contributed by atoms with Crippen molar-refractivity contribution < 1.29 is 19.1 Å². The maximum atomic E-state index is 11.1. The Morgan fingerprint density at radius 2 is 1.50 bits per heavy atom. The molecule has 0 spiro atoms. The van der Waals surface area contributed by atoms with Gasteiger partial charge in [0.2, 0.25) is 0 Å². The Morgan fingerprint density at radius 3 is 1.89 bits per heavy atom. The summed E-state index contributed by atoms with van der Waals surface area (Å²) < 4.78 is 9.20. The Hall–Kier alpha value is -1.36. The van der Waals surface area contributed by atoms with E-state index in [9.17, 15) is 9.59 Å². The molecule has 0 N–H and O–H groups in total. The highest BCUT2D eigenvalue weighted by atomic mass is 16.5. The molecule has 0 aliphatic heterocycles. The van der Waals surface area contributed by atoms with E-state index in [0.717, 1.165) is 13.0 Å². The molecular formula is C13H23NO4. The molecule has 0 fully saturated rings. The van der Waals surface area contributed by atoms with E-state index in [2.05, 4.69) is 20.4 Å². The normalized spacial score (nSPS) is 10.9. The number of carbonyl (C=O) groups is 2. The number of nitrogens with zero attached hydrogens (tertiary/aromatic N) is 1. The molecule has 0 heterocycles. The lowest BCUT2D eigenvalue weighted by atomic mass is 10.3. The van der Waals surface area contributed by atoms with E-state index in [4.69, 9.17) is 0 Å². The lowest BCUT2D eigenvalue weighted by molar-refractivity contribution is -0.141. The molecule has 0 atom stereocenters. The van der Waals surface area contributed by atoms with Gasteiger partial charge in [0.05, 0.1) is 27.1 Å². The van der Waals surface area contributed by atoms with Gasteiger partial charge in [0.1, 0.15) is 0 Å². The first-order chi connectivity index (χ1) is 8.63. The van der Waals surface area contributed by atoms with Gasteiger partial charge in [-0.15, -0.1) is 0 Å². The molecule has 0 aromatic carbocycles. The van der Waals surface area contributed by atoms with Crippen molar-refractivity contribution in [3.63, 3.8) is 0 Å². The second-order valence-electron chi connectivity index (χ2n) is 3.85. The van der Waals surface area contributed by atoms with E-state index < -0.39 is 0 Å². The summed E-state index contributed by atoms with van der Waals surface area (Å²) in [6.07, 6.45) is 5.63. The summed E-state index contributed by atoms with van der Waals surface area (Å²) in [6, 6.07) is 0. The van der Waals surface area contributed by atoms with Gasteiger partial charge in [-0.25, -0.2) is 0 Å². The number of methoxy groups -OCH3 is 2. The molecule has 5 heteroatoms. The average Bonchev–Trinajstić information content (AvgIpc) is 2.40. The predicted octanol–water partition coefficient (Wildman–Crippen LogP) is 1.38. The van der Waals surface area contributed by atoms with Crippen LogP contribution in [-0.2, 0) is 19.1 Å². The van der Waals surface area contributed by atoms with Crippen molar-refractivity contribution in [1.29, 1.82) is 0 Å². The Labute approximate surface area is 109 Å². The van der Waals surface area contributed by atoms with Crippen LogP contribution in [0.2, 0.25) is 0 Å². The number of rotatable bonds is 9. The molecule has 0 radical (unpaired) electrons. The maximum Gasteiger partial charge on any atom is 0.306 e. The molecule has 0 aromatic rings. The van der Waals surface area contributed by atoms with Crippen molar-refractivity contribution in [2.75, 3.05) is 33.9 Å². The lowest BCUT2D eigenvalue weighted by Gasteiger charge is -2.20. The molecule has 0 saturated carbocycles. The van der Waals surface area contributed by atoms with E-state index >= 15 is 0 Å². The SMILES string of the molecule is CC=CCCN(CCC(=O)OC)CCC(=O)OC. The topological polar surface area (TPSA) is 55.8 Å². The van der Waals surface area contributed by atoms with Crippen LogP contribution in [0.1, 0.15) is 26.2 Å². The standard InChI is InChI=1S/C13H23NO4/c1-4-5-6-9-14(10-7-12(15)17-2)11-8-13(16)18-3/h4-5H,6-11H2,1-3H3. The van der Waals surface area contributed by atoms with Gasteiger partial charge in [0.25, 0.3) is 0 Å². The van der Waals surface area contributed by atoms with E-state index in [1.54, 1.807) is 0 Å². The minimum Gasteiger partial charge on any atom is -0.469 e. The Balaban J connectivity index is 4.06. The third kappa shape index (κ3) is 8.75. The maximum absolute atomic E-state index is 11.1. The number of esters is 2. The van der Waals surface area contributed by atoms with Crippen LogP contribution in [-0.4, -0.2) is 50.7 Å². The minimum absolute atomic E-state index is 0.232. The van der Waals surface area contributed by atoms with Gasteiger partial charge in [0.15, 0.2) is 0 Å². The van der Waals surface area contributed by atoms with Gasteiger partial charge in [-0.1, -0.05) is 12.2 Å². The second kappa shape index (κ2) is 10.8. The van der Waals surface area contributed by atoms with Crippen LogP contribution in [0.15, 0.2) is 12.2 Å². The lowest BCUT2D eigenvalue weighted by Crippen LogP contribution is -2.30. The first-order valence-corrected chi connectivity index (χ1v) is 6.11. The number of ether oxygens (including phenoxy) is 2. The third-order valence-electron chi connectivity index (χ3n) is 2.57. The molecule has 0 bridgehead atoms. The van der Waals surface area contributed by atoms with E-state index in [1.165, 1.54) is 14.2 Å². The van der Waals surface area contributed by atoms with Crippen molar-refractivity contribution in [3.8, 4) is 0 Å². The quantitative estimate of drug-likeness (QED) is 0.461. The highest BCUT2D eigenvalue weighted by Crippen LogP contribution is 1.99. The Morgan fingerprint density at radius 1 is 1.00 bits per heavy atom. The van der Waals surface area contributed by atoms with Gasteiger partial charge >= 0.3 is 11.9 Å². The fourth-order valence-corrected chi connectivity index (χ4v) is 1.46. The van der Waals surface area contributed by atoms with Crippen LogP contribution >= 0.6 is 0 Å². The van der Waals surface area contributed by atoms with Crippen molar-refractivity contribution in [2.24, 2.45) is 0 Å². The fraction of sp³-hybridized carbons (Fsp3) is 0.692. The first kappa shape index (κ1) is 16.6. The van der Waals surface area contributed by atoms with E-state index in [-0.39, 0.29) is 11.9 Å². The summed E-state index contributed by atoms with van der Waals surface area (Å²) in [4.78, 5) is 24.2. The van der Waals surface area contributed by atoms with Crippen LogP contribution in [0.25, 0.3) is 0 Å². The molecule has 0 rings (SSSR count).